The Morgan fingerprint density at radius 2 is 0.444 bits per heavy atom. The zero-order chi connectivity index (χ0) is 70.0. The summed E-state index contributed by atoms with van der Waals surface area (Å²) in [7, 11) is 0. The van der Waals surface area contributed by atoms with Crippen molar-refractivity contribution in [3.8, 4) is 45.3 Å². The van der Waals surface area contributed by atoms with Gasteiger partial charge < -0.3 is 17.7 Å². The molecule has 0 radical (unpaired) electrons. The lowest BCUT2D eigenvalue weighted by Gasteiger charge is -2.13. The number of Topliss-reactive ketones (excluding diaryl/α,β-unsaturated/α-hetero) is 8. The number of hydrogen-bond acceptors (Lipinski definition) is 16. The molecule has 17 heteroatoms. The number of carbonyl (C=O) groups is 12. The van der Waals surface area contributed by atoms with Crippen LogP contribution in [-0.2, 0) is 0 Å². The second-order valence-corrected chi connectivity index (χ2v) is 24.1. The number of benzene rings is 8. The fourth-order valence-electron chi connectivity index (χ4n) is 12.5. The van der Waals surface area contributed by atoms with E-state index in [-0.39, 0.29) is 73.4 Å². The van der Waals surface area contributed by atoms with Crippen LogP contribution in [0, 0.1) is 41.5 Å². The Labute approximate surface area is 568 Å². The molecule has 4 aromatic heterocycles. The number of aryl methyl sites for hydroxylation is 6. The van der Waals surface area contributed by atoms with E-state index in [1.807, 2.05) is 38.1 Å². The minimum Gasteiger partial charge on any atom is -0.460 e. The predicted octanol–water partition coefficient (Wildman–Crippen LogP) is 16.7. The summed E-state index contributed by atoms with van der Waals surface area (Å²) < 4.78 is 23.0. The minimum atomic E-state index is -0.720. The summed E-state index contributed by atoms with van der Waals surface area (Å²) >= 11 is 5.86. The Hall–Kier alpha value is -12.8. The first-order chi connectivity index (χ1) is 47.6. The van der Waals surface area contributed by atoms with Crippen molar-refractivity contribution in [2.45, 2.75) is 41.5 Å². The molecule has 4 heterocycles. The molecule has 99 heavy (non-hydrogen) atoms. The molecule has 16 rings (SSSR count). The molecule has 4 aliphatic rings. The van der Waals surface area contributed by atoms with Gasteiger partial charge in [0.25, 0.3) is 0 Å². The summed E-state index contributed by atoms with van der Waals surface area (Å²) in [5.41, 5.74) is 8.09. The van der Waals surface area contributed by atoms with Gasteiger partial charge in [-0.1, -0.05) is 199 Å². The van der Waals surface area contributed by atoms with Gasteiger partial charge in [0.2, 0.25) is 46.3 Å². The van der Waals surface area contributed by atoms with Crippen LogP contribution >= 0.6 is 11.6 Å². The maximum atomic E-state index is 13.0. The highest BCUT2D eigenvalue weighted by atomic mass is 35.5. The molecule has 0 spiro atoms. The average molecular weight is 1330 g/mol. The lowest BCUT2D eigenvalue weighted by molar-refractivity contribution is 0.0813. The number of hydrogen-bond donors (Lipinski definition) is 0. The Morgan fingerprint density at radius 3 is 0.687 bits per heavy atom. The van der Waals surface area contributed by atoms with Gasteiger partial charge in [0, 0.05) is 71.8 Å². The third-order valence-corrected chi connectivity index (χ3v) is 17.7. The highest BCUT2D eigenvalue weighted by molar-refractivity contribution is 6.56. The van der Waals surface area contributed by atoms with E-state index in [0.717, 1.165) is 11.1 Å². The predicted molar refractivity (Wildman–Crippen MR) is 364 cm³/mol. The molecule has 12 aromatic rings. The van der Waals surface area contributed by atoms with Crippen LogP contribution in [0.1, 0.15) is 181 Å². The lowest BCUT2D eigenvalue weighted by Crippen LogP contribution is -2.22. The summed E-state index contributed by atoms with van der Waals surface area (Å²) in [4.78, 5) is 152. The monoisotopic (exact) mass is 1330 g/mol. The second kappa shape index (κ2) is 25.7. The van der Waals surface area contributed by atoms with Crippen LogP contribution in [0.2, 0.25) is 5.02 Å². The van der Waals surface area contributed by atoms with Gasteiger partial charge in [0.1, 0.15) is 46.1 Å². The van der Waals surface area contributed by atoms with Crippen molar-refractivity contribution in [2.75, 3.05) is 0 Å². The van der Waals surface area contributed by atoms with Gasteiger partial charge in [-0.2, -0.15) is 0 Å². The van der Waals surface area contributed by atoms with Gasteiger partial charge in [0.05, 0.1) is 44.5 Å². The largest absolute Gasteiger partial charge is 0.460 e. The summed E-state index contributed by atoms with van der Waals surface area (Å²) in [6.45, 7) is 10.4. The van der Waals surface area contributed by atoms with E-state index in [4.69, 9.17) is 29.3 Å². The molecule has 0 aliphatic heterocycles. The van der Waals surface area contributed by atoms with Gasteiger partial charge in [-0.05, 0) is 65.8 Å². The first-order valence-electron chi connectivity index (χ1n) is 31.0. The van der Waals surface area contributed by atoms with Crippen LogP contribution in [0.5, 0.6) is 0 Å². The zero-order valence-corrected chi connectivity index (χ0v) is 54.2. The Kier molecular flexibility index (Phi) is 16.9. The first-order valence-corrected chi connectivity index (χ1v) is 31.3. The van der Waals surface area contributed by atoms with E-state index in [2.05, 4.69) is 0 Å². The van der Waals surface area contributed by atoms with Crippen molar-refractivity contribution in [1.29, 1.82) is 0 Å². The van der Waals surface area contributed by atoms with Crippen LogP contribution in [0.3, 0.4) is 0 Å². The summed E-state index contributed by atoms with van der Waals surface area (Å²) in [6, 6.07) is 56.2. The first kappa shape index (κ1) is 64.9. The van der Waals surface area contributed by atoms with E-state index in [0.29, 0.717) is 112 Å². The topological polar surface area (TPSA) is 257 Å². The Morgan fingerprint density at radius 1 is 0.242 bits per heavy atom. The maximum absolute atomic E-state index is 13.0. The van der Waals surface area contributed by atoms with E-state index >= 15 is 0 Å². The van der Waals surface area contributed by atoms with Gasteiger partial charge in [-0.3, -0.25) is 57.5 Å². The minimum absolute atomic E-state index is 0.0427. The second-order valence-electron chi connectivity index (χ2n) is 23.7. The van der Waals surface area contributed by atoms with Crippen LogP contribution < -0.4 is 0 Å². The molecule has 0 unspecified atom stereocenters. The van der Waals surface area contributed by atoms with Crippen LogP contribution in [0.25, 0.3) is 45.3 Å². The summed E-state index contributed by atoms with van der Waals surface area (Å²) in [5.74, 6) is -4.09. The van der Waals surface area contributed by atoms with Crippen molar-refractivity contribution in [3.05, 3.63) is 328 Å². The van der Waals surface area contributed by atoms with Crippen molar-refractivity contribution in [3.63, 3.8) is 0 Å². The molecule has 0 N–H and O–H groups in total. The molecule has 0 saturated heterocycles. The van der Waals surface area contributed by atoms with Gasteiger partial charge in [-0.15, -0.1) is 0 Å². The highest BCUT2D eigenvalue weighted by Crippen LogP contribution is 2.44. The zero-order valence-electron chi connectivity index (χ0n) is 53.5. The number of halogens is 1. The lowest BCUT2D eigenvalue weighted by atomic mass is 9.85. The fourth-order valence-corrected chi connectivity index (χ4v) is 12.7. The van der Waals surface area contributed by atoms with Gasteiger partial charge in [0.15, 0.2) is 23.1 Å². The van der Waals surface area contributed by atoms with Crippen LogP contribution in [-0.4, -0.2) is 69.4 Å². The highest BCUT2D eigenvalue weighted by Gasteiger charge is 2.43. The van der Waals surface area contributed by atoms with E-state index in [9.17, 15) is 57.5 Å². The molecule has 0 fully saturated rings. The van der Waals surface area contributed by atoms with Crippen LogP contribution in [0.4, 0.5) is 0 Å². The number of fused-ring (bicyclic) bond motifs is 12. The standard InChI is InChI=1S/2C21H14O4.C20H11ClO4.C20H12O4/c2*1-11-7-9-13(10-8-11)18(22)16-12(2)25-21-15-6-4-3-5-14(15)19(23)20(24)17(16)21;1-10-15(17(22)11-6-8-12(21)9-7-11)16-19(24)18(23)13-4-2-3-5-14(13)20(16)25-10;1-11-15(17(21)12-7-3-2-4-8-12)16-19(23)18(22)13-9-5-6-10-14(13)20(16)24-11/h2*3-10H,1-2H3;2-9H,1H3;2-10H,1H3. The third-order valence-electron chi connectivity index (χ3n) is 17.4. The van der Waals surface area contributed by atoms with Crippen molar-refractivity contribution >= 4 is 81.0 Å². The molecule has 482 valence electrons. The van der Waals surface area contributed by atoms with E-state index < -0.39 is 46.3 Å². The van der Waals surface area contributed by atoms with Gasteiger partial charge >= 0.3 is 0 Å². The van der Waals surface area contributed by atoms with E-state index in [1.165, 1.54) is 0 Å². The van der Waals surface area contributed by atoms with Crippen molar-refractivity contribution in [1.82, 2.24) is 0 Å². The fraction of sp³-hybridized carbons (Fsp3) is 0.0732. The quantitative estimate of drug-likeness (QED) is 0.101. The summed E-state index contributed by atoms with van der Waals surface area (Å²) in [6.07, 6.45) is 0. The maximum Gasteiger partial charge on any atom is 0.238 e. The Bertz CT molecular complexity index is 5140. The third kappa shape index (κ3) is 11.2. The molecule has 16 nitrogen and oxygen atoms in total. The Balaban J connectivity index is 0.000000119. The van der Waals surface area contributed by atoms with Gasteiger partial charge in [-0.25, -0.2) is 0 Å². The number of furan rings is 4. The smallest absolute Gasteiger partial charge is 0.238 e. The molecule has 8 aromatic carbocycles. The van der Waals surface area contributed by atoms with Crippen LogP contribution in [0.15, 0.2) is 218 Å². The molecule has 0 bridgehead atoms. The van der Waals surface area contributed by atoms with Crippen molar-refractivity contribution in [2.24, 2.45) is 0 Å². The summed E-state index contributed by atoms with van der Waals surface area (Å²) in [5, 5.41) is 0.502. The molecule has 0 saturated carbocycles. The number of rotatable bonds is 8. The molecule has 0 atom stereocenters. The van der Waals surface area contributed by atoms with E-state index in [1.54, 1.807) is 204 Å². The molecule has 0 amide bonds. The number of ketones is 12. The normalized spacial score (nSPS) is 12.7. The molecular weight excluding hydrogens is 1280 g/mol. The number of carbonyl (C=O) groups excluding carboxylic acids is 12. The SMILES string of the molecule is Cc1ccc(C(=O)c2c(C)oc3c2C(=O)C(=O)c2ccccc2-3)cc1.Cc1ccc(C(=O)c2c(C)oc3c2C(=O)C(=O)c2ccccc2-3)cc1.Cc1oc2c(c1C(=O)c1ccc(Cl)cc1)C(=O)C(=O)c1ccccc1-2.Cc1oc2c(c1C(=O)c1ccccc1)C(=O)C(=O)c1ccccc1-2. The molecular formula is C82H51ClO16. The van der Waals surface area contributed by atoms with Crippen molar-refractivity contribution < 1.29 is 75.2 Å². The average Bonchev–Trinajstić information content (AvgIpc) is 1.63. The molecule has 4 aliphatic carbocycles.